The van der Waals surface area contributed by atoms with E-state index >= 15 is 0 Å². The maximum absolute atomic E-state index is 12.9. The zero-order valence-corrected chi connectivity index (χ0v) is 18.5. The van der Waals surface area contributed by atoms with Gasteiger partial charge in [0.25, 0.3) is 15.7 Å². The van der Waals surface area contributed by atoms with Crippen molar-refractivity contribution < 1.29 is 31.5 Å². The molecule has 1 amide bonds. The lowest BCUT2D eigenvalue weighted by molar-refractivity contribution is -0.0436. The number of phenols is 1. The SMILES string of the molecule is Cc1cc(S(=O)(=O)C(F)(F)F)ccc1NC(=O)c1c(C)c(Cl)cc(C(C)(C)C)c1O. The normalized spacial score (nSPS) is 12.7. The number of anilines is 1. The molecule has 0 aliphatic rings. The van der Waals surface area contributed by atoms with Gasteiger partial charge in [0.15, 0.2) is 0 Å². The van der Waals surface area contributed by atoms with Crippen LogP contribution in [0.1, 0.15) is 47.8 Å². The number of nitrogens with one attached hydrogen (secondary N) is 1. The Morgan fingerprint density at radius 1 is 1.10 bits per heavy atom. The first-order valence-electron chi connectivity index (χ1n) is 8.74. The van der Waals surface area contributed by atoms with E-state index in [9.17, 15) is 31.5 Å². The number of sulfone groups is 1. The molecule has 0 bridgehead atoms. The number of hydrogen-bond acceptors (Lipinski definition) is 4. The smallest absolute Gasteiger partial charge is 0.501 e. The zero-order valence-electron chi connectivity index (χ0n) is 16.9. The summed E-state index contributed by atoms with van der Waals surface area (Å²) >= 11 is 6.22. The molecule has 10 heteroatoms. The van der Waals surface area contributed by atoms with Gasteiger partial charge in [0.05, 0.1) is 10.5 Å². The summed E-state index contributed by atoms with van der Waals surface area (Å²) in [6.45, 7) is 8.41. The maximum atomic E-state index is 12.9. The zero-order chi connectivity index (χ0) is 23.2. The number of alkyl halides is 3. The highest BCUT2D eigenvalue weighted by molar-refractivity contribution is 7.92. The van der Waals surface area contributed by atoms with E-state index in [1.54, 1.807) is 13.0 Å². The van der Waals surface area contributed by atoms with E-state index in [2.05, 4.69) is 5.32 Å². The number of rotatable bonds is 3. The third kappa shape index (κ3) is 4.41. The van der Waals surface area contributed by atoms with Crippen LogP contribution in [0.15, 0.2) is 29.2 Å². The van der Waals surface area contributed by atoms with Gasteiger partial charge in [-0.2, -0.15) is 13.2 Å². The van der Waals surface area contributed by atoms with Gasteiger partial charge in [-0.25, -0.2) is 8.42 Å². The number of aryl methyl sites for hydroxylation is 1. The maximum Gasteiger partial charge on any atom is 0.501 e. The number of phenolic OH excluding ortho intramolecular Hbond substituents is 1. The van der Waals surface area contributed by atoms with Crippen LogP contribution in [0.2, 0.25) is 5.02 Å². The molecule has 0 spiro atoms. The average molecular weight is 464 g/mol. The monoisotopic (exact) mass is 463 g/mol. The molecule has 30 heavy (non-hydrogen) atoms. The standard InChI is InChI=1S/C20H21ClF3NO4S/c1-10-8-12(30(28,29)20(22,23)24)6-7-15(10)25-18(27)16-11(2)14(21)9-13(17(16)26)19(3,4)5/h6-9,26H,1-5H3,(H,25,27). The summed E-state index contributed by atoms with van der Waals surface area (Å²) in [5, 5.41) is 13.4. The summed E-state index contributed by atoms with van der Waals surface area (Å²) in [6.07, 6.45) is 0. The summed E-state index contributed by atoms with van der Waals surface area (Å²) in [5.74, 6) is -0.983. The van der Waals surface area contributed by atoms with Crippen molar-refractivity contribution in [1.29, 1.82) is 0 Å². The van der Waals surface area contributed by atoms with Crippen molar-refractivity contribution in [2.75, 3.05) is 5.32 Å². The minimum Gasteiger partial charge on any atom is -0.507 e. The quantitative estimate of drug-likeness (QED) is 0.629. The number of halogens is 4. The molecule has 0 saturated carbocycles. The molecule has 0 unspecified atom stereocenters. The molecule has 2 aromatic rings. The molecule has 164 valence electrons. The van der Waals surface area contributed by atoms with E-state index in [1.807, 2.05) is 20.8 Å². The van der Waals surface area contributed by atoms with Crippen LogP contribution in [-0.2, 0) is 15.3 Å². The highest BCUT2D eigenvalue weighted by Gasteiger charge is 2.46. The van der Waals surface area contributed by atoms with E-state index in [0.29, 0.717) is 11.1 Å². The number of hydrogen-bond donors (Lipinski definition) is 2. The second-order valence-corrected chi connectivity index (χ2v) is 10.2. The van der Waals surface area contributed by atoms with Crippen molar-refractivity contribution in [1.82, 2.24) is 0 Å². The van der Waals surface area contributed by atoms with E-state index in [-0.39, 0.29) is 27.6 Å². The number of carbonyl (C=O) groups is 1. The van der Waals surface area contributed by atoms with Gasteiger partial charge in [0.1, 0.15) is 5.75 Å². The lowest BCUT2D eigenvalue weighted by Crippen LogP contribution is -2.23. The Labute approximate surface area is 177 Å². The van der Waals surface area contributed by atoms with Crippen LogP contribution in [0.25, 0.3) is 0 Å². The van der Waals surface area contributed by atoms with Crippen molar-refractivity contribution in [2.24, 2.45) is 0 Å². The fourth-order valence-corrected chi connectivity index (χ4v) is 3.90. The van der Waals surface area contributed by atoms with Crippen LogP contribution in [-0.4, -0.2) is 24.9 Å². The largest absolute Gasteiger partial charge is 0.507 e. The predicted octanol–water partition coefficient (Wildman–Crippen LogP) is 5.51. The van der Waals surface area contributed by atoms with Gasteiger partial charge in [-0.3, -0.25) is 4.79 Å². The Morgan fingerprint density at radius 2 is 1.67 bits per heavy atom. The van der Waals surface area contributed by atoms with E-state index in [1.165, 1.54) is 6.92 Å². The van der Waals surface area contributed by atoms with Crippen LogP contribution in [0, 0.1) is 13.8 Å². The summed E-state index contributed by atoms with van der Waals surface area (Å²) in [6, 6.07) is 4.22. The topological polar surface area (TPSA) is 83.5 Å². The Morgan fingerprint density at radius 3 is 2.13 bits per heavy atom. The molecule has 0 atom stereocenters. The molecule has 2 rings (SSSR count). The third-order valence-corrected chi connectivity index (χ3v) is 6.47. The Kier molecular flexibility index (Phi) is 6.22. The van der Waals surface area contributed by atoms with Gasteiger partial charge in [-0.05, 0) is 54.7 Å². The third-order valence-electron chi connectivity index (χ3n) is 4.59. The van der Waals surface area contributed by atoms with Crippen LogP contribution >= 0.6 is 11.6 Å². The molecule has 2 N–H and O–H groups in total. The van der Waals surface area contributed by atoms with Crippen molar-refractivity contribution in [3.05, 3.63) is 51.5 Å². The summed E-state index contributed by atoms with van der Waals surface area (Å²) in [5.41, 5.74) is -5.04. The summed E-state index contributed by atoms with van der Waals surface area (Å²) in [7, 11) is -5.51. The molecule has 0 heterocycles. The van der Waals surface area contributed by atoms with Gasteiger partial charge in [0, 0.05) is 16.3 Å². The average Bonchev–Trinajstić information content (AvgIpc) is 2.58. The highest BCUT2D eigenvalue weighted by atomic mass is 35.5. The number of amides is 1. The minimum atomic E-state index is -5.51. The summed E-state index contributed by atoms with van der Waals surface area (Å²) in [4.78, 5) is 11.9. The lowest BCUT2D eigenvalue weighted by atomic mass is 9.84. The molecule has 0 radical (unpaired) electrons. The van der Waals surface area contributed by atoms with Gasteiger partial charge in [-0.1, -0.05) is 32.4 Å². The Balaban J connectivity index is 2.49. The molecular formula is C20H21ClF3NO4S. The summed E-state index contributed by atoms with van der Waals surface area (Å²) < 4.78 is 61.4. The molecule has 2 aromatic carbocycles. The second kappa shape index (κ2) is 7.77. The molecule has 0 aromatic heterocycles. The minimum absolute atomic E-state index is 0.0705. The Bertz CT molecular complexity index is 1120. The first kappa shape index (κ1) is 24.0. The lowest BCUT2D eigenvalue weighted by Gasteiger charge is -2.23. The van der Waals surface area contributed by atoms with Crippen molar-refractivity contribution in [2.45, 2.75) is 50.4 Å². The number of benzene rings is 2. The van der Waals surface area contributed by atoms with Crippen molar-refractivity contribution in [3.8, 4) is 5.75 Å². The van der Waals surface area contributed by atoms with Crippen molar-refractivity contribution in [3.63, 3.8) is 0 Å². The fraction of sp³-hybridized carbons (Fsp3) is 0.350. The molecule has 0 aliphatic carbocycles. The van der Waals surface area contributed by atoms with Crippen LogP contribution < -0.4 is 5.32 Å². The van der Waals surface area contributed by atoms with E-state index in [0.717, 1.165) is 18.2 Å². The molecular weight excluding hydrogens is 443 g/mol. The number of carbonyl (C=O) groups excluding carboxylic acids is 1. The molecule has 0 saturated heterocycles. The number of aromatic hydroxyl groups is 1. The van der Waals surface area contributed by atoms with Gasteiger partial charge < -0.3 is 10.4 Å². The molecule has 0 aliphatic heterocycles. The van der Waals surface area contributed by atoms with Crippen LogP contribution in [0.5, 0.6) is 5.75 Å². The first-order chi connectivity index (χ1) is 13.5. The second-order valence-electron chi connectivity index (χ2n) is 7.88. The Hall–Kier alpha value is -2.26. The highest BCUT2D eigenvalue weighted by Crippen LogP contribution is 2.39. The van der Waals surface area contributed by atoms with Crippen LogP contribution in [0.4, 0.5) is 18.9 Å². The van der Waals surface area contributed by atoms with Gasteiger partial charge >= 0.3 is 5.51 Å². The van der Waals surface area contributed by atoms with E-state index < -0.39 is 31.6 Å². The predicted molar refractivity (Wildman–Crippen MR) is 109 cm³/mol. The van der Waals surface area contributed by atoms with Crippen LogP contribution in [0.3, 0.4) is 0 Å². The molecule has 0 fully saturated rings. The molecule has 5 nitrogen and oxygen atoms in total. The fourth-order valence-electron chi connectivity index (χ4n) is 2.85. The van der Waals surface area contributed by atoms with E-state index in [4.69, 9.17) is 11.6 Å². The van der Waals surface area contributed by atoms with Crippen molar-refractivity contribution >= 4 is 33.0 Å². The van der Waals surface area contributed by atoms with Gasteiger partial charge in [0.2, 0.25) is 0 Å². The first-order valence-corrected chi connectivity index (χ1v) is 10.6. The van der Waals surface area contributed by atoms with Gasteiger partial charge in [-0.15, -0.1) is 0 Å².